The Morgan fingerprint density at radius 1 is 1.05 bits per heavy atom. The van der Waals surface area contributed by atoms with Crippen LogP contribution in [-0.4, -0.2) is 127 Å². The number of thiazole rings is 1. The molecule has 12 nitrogen and oxygen atoms in total. The molecule has 3 heterocycles. The molecule has 0 N–H and O–H groups in total. The molecule has 0 radical (unpaired) electrons. The number of hydrogen-bond donors (Lipinski definition) is 0. The van der Waals surface area contributed by atoms with E-state index in [1.54, 1.807) is 17.1 Å². The number of Topliss-reactive ketones (excluding diaryl/α,β-unsaturated/α-hetero) is 1. The van der Waals surface area contributed by atoms with Gasteiger partial charge in [0, 0.05) is 45.5 Å². The number of carbonyl (C=O) groups excluding carboxylic acids is 1. The van der Waals surface area contributed by atoms with Crippen LogP contribution in [-0.2, 0) is 40.5 Å². The van der Waals surface area contributed by atoms with Gasteiger partial charge in [0.15, 0.2) is 19.8 Å². The second-order valence-corrected chi connectivity index (χ2v) is 15.0. The number of ether oxygens (including phenoxy) is 2. The van der Waals surface area contributed by atoms with Crippen molar-refractivity contribution in [2.45, 2.75) is 21.9 Å². The van der Waals surface area contributed by atoms with Crippen molar-refractivity contribution in [1.29, 1.82) is 0 Å². The first kappa shape index (κ1) is 30.7. The summed E-state index contributed by atoms with van der Waals surface area (Å²) in [4.78, 5) is 20.0. The van der Waals surface area contributed by atoms with Gasteiger partial charge in [-0.2, -0.15) is 9.41 Å². The first-order valence-electron chi connectivity index (χ1n) is 13.0. The van der Waals surface area contributed by atoms with E-state index < -0.39 is 19.9 Å². The number of likely N-dealkylation sites (N-methyl/N-ethyl adjacent to an activating group) is 1. The summed E-state index contributed by atoms with van der Waals surface area (Å²) < 4.78 is 63.4. The minimum atomic E-state index is -3.69. The van der Waals surface area contributed by atoms with Gasteiger partial charge in [0.2, 0.25) is 0 Å². The average Bonchev–Trinajstić information content (AvgIpc) is 3.42. The Bertz CT molecular complexity index is 1390. The molecular weight excluding hydrogens is 579 g/mol. The molecule has 0 aliphatic carbocycles. The predicted molar refractivity (Wildman–Crippen MR) is 151 cm³/mol. The van der Waals surface area contributed by atoms with Crippen LogP contribution in [0, 0.1) is 0 Å². The van der Waals surface area contributed by atoms with Crippen LogP contribution in [0.5, 0.6) is 0 Å². The standard InChI is InChI=1S/C25H35N5O7S3/c1-28-8-10-30(11-9-28)40(34,35)24-19-26-23(38-24)18-22(31)25(27-29-12-15-37-16-13-29)20-4-6-21(7-5-20)39(32,33)17-3-14-36-2/h4-7,19H,3,8-18H2,1-2H3/b27-25+. The molecule has 40 heavy (non-hydrogen) atoms. The number of sulfonamides is 1. The Morgan fingerprint density at radius 3 is 2.38 bits per heavy atom. The van der Waals surface area contributed by atoms with Crippen molar-refractivity contribution in [1.82, 2.24) is 19.2 Å². The monoisotopic (exact) mass is 613 g/mol. The maximum atomic E-state index is 13.5. The van der Waals surface area contributed by atoms with Crippen LogP contribution >= 0.6 is 11.3 Å². The van der Waals surface area contributed by atoms with E-state index in [-0.39, 0.29) is 32.8 Å². The number of benzene rings is 1. The molecule has 0 atom stereocenters. The molecule has 2 aromatic rings. The highest BCUT2D eigenvalue weighted by Crippen LogP contribution is 2.25. The van der Waals surface area contributed by atoms with E-state index in [0.29, 0.717) is 76.1 Å². The number of sulfone groups is 1. The fraction of sp³-hybridized carbons (Fsp3) is 0.560. The highest BCUT2D eigenvalue weighted by atomic mass is 32.2. The molecule has 220 valence electrons. The van der Waals surface area contributed by atoms with Gasteiger partial charge in [-0.3, -0.25) is 9.80 Å². The van der Waals surface area contributed by atoms with E-state index in [0.717, 1.165) is 11.3 Å². The zero-order chi connectivity index (χ0) is 28.8. The molecule has 2 saturated heterocycles. The zero-order valence-corrected chi connectivity index (χ0v) is 25.1. The number of hydrogen-bond acceptors (Lipinski definition) is 12. The van der Waals surface area contributed by atoms with E-state index in [1.807, 2.05) is 7.05 Å². The molecule has 2 fully saturated rings. The first-order valence-corrected chi connectivity index (χ1v) is 16.9. The summed E-state index contributed by atoms with van der Waals surface area (Å²) in [6, 6.07) is 6.10. The molecule has 2 aliphatic heterocycles. The fourth-order valence-corrected chi connectivity index (χ4v) is 8.31. The summed E-state index contributed by atoms with van der Waals surface area (Å²) in [5, 5.41) is 6.70. The third kappa shape index (κ3) is 7.72. The summed E-state index contributed by atoms with van der Waals surface area (Å²) in [5.41, 5.74) is 0.623. The first-order chi connectivity index (χ1) is 19.1. The van der Waals surface area contributed by atoms with Crippen LogP contribution in [0.3, 0.4) is 0 Å². The Hall–Kier alpha value is -2.27. The van der Waals surface area contributed by atoms with E-state index >= 15 is 0 Å². The topological polar surface area (TPSA) is 139 Å². The molecule has 0 saturated carbocycles. The van der Waals surface area contributed by atoms with Crippen LogP contribution in [0.4, 0.5) is 0 Å². The lowest BCUT2D eigenvalue weighted by molar-refractivity contribution is -0.112. The van der Waals surface area contributed by atoms with Crippen molar-refractivity contribution >= 4 is 42.7 Å². The largest absolute Gasteiger partial charge is 0.385 e. The van der Waals surface area contributed by atoms with Gasteiger partial charge in [0.25, 0.3) is 10.0 Å². The number of piperazine rings is 1. The van der Waals surface area contributed by atoms with Crippen LogP contribution in [0.1, 0.15) is 17.0 Å². The minimum absolute atomic E-state index is 0.0444. The molecule has 0 spiro atoms. The third-order valence-corrected chi connectivity index (χ3v) is 11.8. The van der Waals surface area contributed by atoms with Crippen molar-refractivity contribution in [3.05, 3.63) is 41.0 Å². The summed E-state index contributed by atoms with van der Waals surface area (Å²) in [6.07, 6.45) is 1.55. The summed E-state index contributed by atoms with van der Waals surface area (Å²) >= 11 is 0.983. The van der Waals surface area contributed by atoms with Crippen LogP contribution in [0.25, 0.3) is 0 Å². The van der Waals surface area contributed by atoms with E-state index in [9.17, 15) is 21.6 Å². The van der Waals surface area contributed by atoms with Crippen LogP contribution in [0.15, 0.2) is 44.7 Å². The number of aromatic nitrogens is 1. The number of hydrazone groups is 1. The highest BCUT2D eigenvalue weighted by molar-refractivity contribution is 7.91. The lowest BCUT2D eigenvalue weighted by atomic mass is 10.0. The number of rotatable bonds is 12. The number of carbonyl (C=O) groups is 1. The SMILES string of the molecule is COCCCS(=O)(=O)c1ccc(/C(=N\N2CCOCC2)C(=O)Cc2ncc(S(=O)(=O)N3CCN(C)CC3)s2)cc1. The van der Waals surface area contributed by atoms with Crippen molar-refractivity contribution in [2.24, 2.45) is 5.10 Å². The van der Waals surface area contributed by atoms with E-state index in [1.165, 1.54) is 29.7 Å². The van der Waals surface area contributed by atoms with E-state index in [4.69, 9.17) is 9.47 Å². The molecule has 0 unspecified atom stereocenters. The average molecular weight is 614 g/mol. The second-order valence-electron chi connectivity index (χ2n) is 9.58. The number of ketones is 1. The maximum absolute atomic E-state index is 13.5. The van der Waals surface area contributed by atoms with Gasteiger partial charge in [-0.25, -0.2) is 21.8 Å². The molecule has 15 heteroatoms. The molecule has 0 amide bonds. The number of nitrogens with zero attached hydrogens (tertiary/aromatic N) is 5. The lowest BCUT2D eigenvalue weighted by Gasteiger charge is -2.30. The van der Waals surface area contributed by atoms with Crippen molar-refractivity contribution < 1.29 is 31.1 Å². The Kier molecular flexibility index (Phi) is 10.4. The van der Waals surface area contributed by atoms with E-state index in [2.05, 4.69) is 15.0 Å². The Labute approximate surface area is 239 Å². The quantitative estimate of drug-likeness (QED) is 0.249. The maximum Gasteiger partial charge on any atom is 0.254 e. The van der Waals surface area contributed by atoms with Gasteiger partial charge >= 0.3 is 0 Å². The van der Waals surface area contributed by atoms with Gasteiger partial charge in [0.05, 0.1) is 49.6 Å². The van der Waals surface area contributed by atoms with Gasteiger partial charge < -0.3 is 14.4 Å². The Morgan fingerprint density at radius 2 is 1.73 bits per heavy atom. The molecule has 1 aromatic carbocycles. The third-order valence-electron chi connectivity index (χ3n) is 6.64. The molecule has 0 bridgehead atoms. The van der Waals surface area contributed by atoms with Gasteiger partial charge in [-0.15, -0.1) is 11.3 Å². The lowest BCUT2D eigenvalue weighted by Crippen LogP contribution is -2.46. The zero-order valence-electron chi connectivity index (χ0n) is 22.7. The van der Waals surface area contributed by atoms with Crippen molar-refractivity contribution in [3.63, 3.8) is 0 Å². The summed E-state index contributed by atoms with van der Waals surface area (Å²) in [5.74, 6) is -0.392. The van der Waals surface area contributed by atoms with Crippen LogP contribution in [0.2, 0.25) is 0 Å². The molecule has 4 rings (SSSR count). The second kappa shape index (κ2) is 13.6. The minimum Gasteiger partial charge on any atom is -0.385 e. The smallest absolute Gasteiger partial charge is 0.254 e. The van der Waals surface area contributed by atoms with Crippen molar-refractivity contribution in [3.8, 4) is 0 Å². The molecule has 2 aliphatic rings. The normalized spacial score (nSPS) is 18.2. The van der Waals surface area contributed by atoms with Crippen LogP contribution < -0.4 is 0 Å². The number of methoxy groups -OCH3 is 1. The van der Waals surface area contributed by atoms with Crippen molar-refractivity contribution in [2.75, 3.05) is 79.0 Å². The summed E-state index contributed by atoms with van der Waals surface area (Å²) in [6.45, 7) is 4.42. The van der Waals surface area contributed by atoms with Gasteiger partial charge in [-0.05, 0) is 25.6 Å². The highest BCUT2D eigenvalue weighted by Gasteiger charge is 2.30. The molecule has 1 aromatic heterocycles. The van der Waals surface area contributed by atoms with Gasteiger partial charge in [0.1, 0.15) is 10.7 Å². The number of morpholine rings is 1. The fourth-order valence-electron chi connectivity index (χ4n) is 4.27. The van der Waals surface area contributed by atoms with Gasteiger partial charge in [-0.1, -0.05) is 12.1 Å². The Balaban J connectivity index is 1.54. The predicted octanol–water partition coefficient (Wildman–Crippen LogP) is 0.738. The summed E-state index contributed by atoms with van der Waals surface area (Å²) in [7, 11) is -3.72. The molecular formula is C25H35N5O7S3.